The lowest BCUT2D eigenvalue weighted by Gasteiger charge is -2.31. The second kappa shape index (κ2) is 6.05. The Kier molecular flexibility index (Phi) is 4.14. The Bertz CT molecular complexity index is 672. The number of rotatable bonds is 3. The molecular formula is C14H18FN5S. The van der Waals surface area contributed by atoms with Gasteiger partial charge in [-0.15, -0.1) is 0 Å². The molecule has 1 fully saturated rings. The molecule has 1 aliphatic rings. The van der Waals surface area contributed by atoms with Gasteiger partial charge >= 0.3 is 0 Å². The molecule has 1 aliphatic heterocycles. The van der Waals surface area contributed by atoms with E-state index < -0.39 is 0 Å². The Morgan fingerprint density at radius 3 is 2.76 bits per heavy atom. The number of benzene rings is 1. The van der Waals surface area contributed by atoms with Crippen LogP contribution in [0.15, 0.2) is 24.3 Å². The number of nitrogens with one attached hydrogen (secondary N) is 1. The van der Waals surface area contributed by atoms with Crippen LogP contribution in [0.1, 0.15) is 5.82 Å². The van der Waals surface area contributed by atoms with Crippen LogP contribution in [0.3, 0.4) is 0 Å². The number of aromatic amines is 1. The van der Waals surface area contributed by atoms with Crippen LogP contribution in [0, 0.1) is 10.6 Å². The molecule has 1 saturated heterocycles. The molecule has 0 aliphatic carbocycles. The van der Waals surface area contributed by atoms with Gasteiger partial charge in [0.15, 0.2) is 4.77 Å². The van der Waals surface area contributed by atoms with Gasteiger partial charge < -0.3 is 4.90 Å². The number of aromatic nitrogens is 3. The third-order valence-corrected chi connectivity index (χ3v) is 4.04. The van der Waals surface area contributed by atoms with Gasteiger partial charge in [0.05, 0.1) is 12.2 Å². The van der Waals surface area contributed by atoms with Gasteiger partial charge in [0.1, 0.15) is 11.6 Å². The summed E-state index contributed by atoms with van der Waals surface area (Å²) in [6, 6.07) is 6.41. The van der Waals surface area contributed by atoms with Crippen LogP contribution in [0.25, 0.3) is 5.69 Å². The van der Waals surface area contributed by atoms with Crippen molar-refractivity contribution in [3.05, 3.63) is 40.7 Å². The highest BCUT2D eigenvalue weighted by molar-refractivity contribution is 7.71. The first-order valence-corrected chi connectivity index (χ1v) is 7.37. The van der Waals surface area contributed by atoms with Crippen molar-refractivity contribution in [2.75, 3.05) is 33.2 Å². The highest BCUT2D eigenvalue weighted by atomic mass is 32.1. The van der Waals surface area contributed by atoms with Crippen molar-refractivity contribution in [1.29, 1.82) is 0 Å². The van der Waals surface area contributed by atoms with E-state index in [0.717, 1.165) is 32.0 Å². The summed E-state index contributed by atoms with van der Waals surface area (Å²) in [5.74, 6) is 0.538. The lowest BCUT2D eigenvalue weighted by Crippen LogP contribution is -2.44. The van der Waals surface area contributed by atoms with Crippen molar-refractivity contribution in [2.45, 2.75) is 6.54 Å². The number of halogens is 1. The molecule has 2 heterocycles. The molecule has 0 saturated carbocycles. The maximum atomic E-state index is 13.4. The number of likely N-dealkylation sites (N-methyl/N-ethyl adjacent to an activating group) is 1. The minimum absolute atomic E-state index is 0.277. The largest absolute Gasteiger partial charge is 0.304 e. The standard InChI is InChI=1S/C14H18FN5S/c1-18-5-7-19(8-6-18)10-13-16-17-14(21)20(13)12-4-2-3-11(15)9-12/h2-4,9H,5-8,10H2,1H3,(H,17,21). The van der Waals surface area contributed by atoms with E-state index in [1.807, 2.05) is 6.07 Å². The summed E-state index contributed by atoms with van der Waals surface area (Å²) in [7, 11) is 2.13. The first kappa shape index (κ1) is 14.4. The zero-order valence-corrected chi connectivity index (χ0v) is 12.7. The summed E-state index contributed by atoms with van der Waals surface area (Å²) in [6.07, 6.45) is 0. The van der Waals surface area contributed by atoms with Crippen LogP contribution >= 0.6 is 12.2 Å². The third-order valence-electron chi connectivity index (χ3n) is 3.77. The molecule has 1 N–H and O–H groups in total. The van der Waals surface area contributed by atoms with Crippen LogP contribution < -0.4 is 0 Å². The van der Waals surface area contributed by atoms with E-state index in [4.69, 9.17) is 12.2 Å². The number of hydrogen-bond acceptors (Lipinski definition) is 4. The van der Waals surface area contributed by atoms with Gasteiger partial charge in [0, 0.05) is 26.2 Å². The first-order chi connectivity index (χ1) is 10.1. The van der Waals surface area contributed by atoms with Crippen LogP contribution in [-0.2, 0) is 6.54 Å². The molecule has 21 heavy (non-hydrogen) atoms. The lowest BCUT2D eigenvalue weighted by atomic mass is 10.3. The van der Waals surface area contributed by atoms with E-state index in [9.17, 15) is 4.39 Å². The fourth-order valence-electron chi connectivity index (χ4n) is 2.52. The minimum Gasteiger partial charge on any atom is -0.304 e. The van der Waals surface area contributed by atoms with Gasteiger partial charge in [0.25, 0.3) is 0 Å². The van der Waals surface area contributed by atoms with Crippen LogP contribution in [-0.4, -0.2) is 57.8 Å². The molecule has 1 aromatic heterocycles. The molecule has 2 aromatic rings. The zero-order chi connectivity index (χ0) is 14.8. The predicted octanol–water partition coefficient (Wildman–Crippen LogP) is 1.82. The minimum atomic E-state index is -0.277. The van der Waals surface area contributed by atoms with Crippen molar-refractivity contribution >= 4 is 12.2 Å². The van der Waals surface area contributed by atoms with Gasteiger partial charge in [-0.25, -0.2) is 4.39 Å². The van der Waals surface area contributed by atoms with Crippen molar-refractivity contribution < 1.29 is 4.39 Å². The molecule has 3 rings (SSSR count). The van der Waals surface area contributed by atoms with E-state index in [0.29, 0.717) is 17.0 Å². The summed E-state index contributed by atoms with van der Waals surface area (Å²) in [5.41, 5.74) is 0.706. The smallest absolute Gasteiger partial charge is 0.199 e. The van der Waals surface area contributed by atoms with Gasteiger partial charge in [-0.3, -0.25) is 14.6 Å². The summed E-state index contributed by atoms with van der Waals surface area (Å²) in [6.45, 7) is 4.80. The van der Waals surface area contributed by atoms with E-state index in [-0.39, 0.29) is 5.82 Å². The molecule has 0 amide bonds. The quantitative estimate of drug-likeness (QED) is 0.878. The summed E-state index contributed by atoms with van der Waals surface area (Å²) < 4.78 is 15.7. The van der Waals surface area contributed by atoms with Crippen molar-refractivity contribution in [3.63, 3.8) is 0 Å². The van der Waals surface area contributed by atoms with Crippen LogP contribution in [0.5, 0.6) is 0 Å². The monoisotopic (exact) mass is 307 g/mol. The molecule has 1 aromatic carbocycles. The fraction of sp³-hybridized carbons (Fsp3) is 0.429. The van der Waals surface area contributed by atoms with Gasteiger partial charge in [0.2, 0.25) is 0 Å². The summed E-state index contributed by atoms with van der Waals surface area (Å²) >= 11 is 5.28. The van der Waals surface area contributed by atoms with Gasteiger partial charge in [-0.2, -0.15) is 5.10 Å². The average Bonchev–Trinajstić information content (AvgIpc) is 2.82. The maximum Gasteiger partial charge on any atom is 0.199 e. The Balaban J connectivity index is 1.85. The average molecular weight is 307 g/mol. The van der Waals surface area contributed by atoms with Crippen LogP contribution in [0.2, 0.25) is 0 Å². The summed E-state index contributed by atoms with van der Waals surface area (Å²) in [4.78, 5) is 4.64. The number of nitrogens with zero attached hydrogens (tertiary/aromatic N) is 4. The van der Waals surface area contributed by atoms with E-state index in [2.05, 4.69) is 27.0 Å². The second-order valence-corrected chi connectivity index (χ2v) is 5.73. The summed E-state index contributed by atoms with van der Waals surface area (Å²) in [5, 5.41) is 7.11. The number of H-pyrrole nitrogens is 1. The molecule has 0 radical (unpaired) electrons. The normalized spacial score (nSPS) is 17.2. The zero-order valence-electron chi connectivity index (χ0n) is 11.9. The lowest BCUT2D eigenvalue weighted by molar-refractivity contribution is 0.145. The van der Waals surface area contributed by atoms with Crippen molar-refractivity contribution in [3.8, 4) is 5.69 Å². The highest BCUT2D eigenvalue weighted by Crippen LogP contribution is 2.14. The Morgan fingerprint density at radius 1 is 1.29 bits per heavy atom. The first-order valence-electron chi connectivity index (χ1n) is 6.96. The predicted molar refractivity (Wildman–Crippen MR) is 81.5 cm³/mol. The fourth-order valence-corrected chi connectivity index (χ4v) is 2.78. The van der Waals surface area contributed by atoms with Gasteiger partial charge in [-0.1, -0.05) is 6.07 Å². The Morgan fingerprint density at radius 2 is 2.05 bits per heavy atom. The molecule has 7 heteroatoms. The topological polar surface area (TPSA) is 40.1 Å². The molecular weight excluding hydrogens is 289 g/mol. The van der Waals surface area contributed by atoms with Crippen molar-refractivity contribution in [1.82, 2.24) is 24.6 Å². The molecule has 0 unspecified atom stereocenters. The maximum absolute atomic E-state index is 13.4. The van der Waals surface area contributed by atoms with Gasteiger partial charge in [-0.05, 0) is 37.5 Å². The van der Waals surface area contributed by atoms with E-state index in [1.165, 1.54) is 12.1 Å². The molecule has 0 bridgehead atoms. The highest BCUT2D eigenvalue weighted by Gasteiger charge is 2.17. The molecule has 0 spiro atoms. The van der Waals surface area contributed by atoms with Crippen LogP contribution in [0.4, 0.5) is 4.39 Å². The molecule has 0 atom stereocenters. The number of hydrogen-bond donors (Lipinski definition) is 1. The second-order valence-electron chi connectivity index (χ2n) is 5.34. The Hall–Kier alpha value is -1.57. The Labute approximate surface area is 128 Å². The van der Waals surface area contributed by atoms with E-state index >= 15 is 0 Å². The molecule has 112 valence electrons. The third kappa shape index (κ3) is 3.20. The number of piperazine rings is 1. The van der Waals surface area contributed by atoms with Crippen molar-refractivity contribution in [2.24, 2.45) is 0 Å². The SMILES string of the molecule is CN1CCN(Cc2n[nH]c(=S)n2-c2cccc(F)c2)CC1. The molecule has 5 nitrogen and oxygen atoms in total. The van der Waals surface area contributed by atoms with E-state index in [1.54, 1.807) is 10.6 Å².